The lowest BCUT2D eigenvalue weighted by Gasteiger charge is -2.17. The van der Waals surface area contributed by atoms with Crippen molar-refractivity contribution in [3.8, 4) is 0 Å². The Labute approximate surface area is 162 Å². The normalized spacial score (nSPS) is 17.5. The van der Waals surface area contributed by atoms with E-state index in [0.29, 0.717) is 12.0 Å². The van der Waals surface area contributed by atoms with Gasteiger partial charge in [0.25, 0.3) is 0 Å². The minimum absolute atomic E-state index is 0.0976. The molecular weight excluding hydrogens is 348 g/mol. The summed E-state index contributed by atoms with van der Waals surface area (Å²) in [6.07, 6.45) is 11.5. The van der Waals surface area contributed by atoms with Crippen molar-refractivity contribution in [1.82, 2.24) is 0 Å². The molecule has 0 amide bonds. The van der Waals surface area contributed by atoms with E-state index in [0.717, 1.165) is 30.0 Å². The van der Waals surface area contributed by atoms with Crippen LogP contribution in [0.3, 0.4) is 0 Å². The van der Waals surface area contributed by atoms with E-state index in [1.807, 2.05) is 13.0 Å². The summed E-state index contributed by atoms with van der Waals surface area (Å²) in [5, 5.41) is 6.10. The molecule has 1 unspecified atom stereocenters. The second-order valence-electron chi connectivity index (χ2n) is 7.55. The first-order chi connectivity index (χ1) is 13.7. The number of hydrogen-bond acceptors (Lipinski definition) is 3. The predicted octanol–water partition coefficient (Wildman–Crippen LogP) is 2.01. The van der Waals surface area contributed by atoms with Crippen LogP contribution in [0.2, 0.25) is 0 Å². The minimum Gasteiger partial charge on any atom is -0.423 e. The fourth-order valence-corrected chi connectivity index (χ4v) is 4.30. The highest BCUT2D eigenvalue weighted by molar-refractivity contribution is 5.86. The molecule has 2 aromatic carbocycles. The van der Waals surface area contributed by atoms with E-state index in [-0.39, 0.29) is 11.7 Å². The summed E-state index contributed by atoms with van der Waals surface area (Å²) in [7, 11) is 0. The molecule has 1 heterocycles. The van der Waals surface area contributed by atoms with E-state index in [4.69, 9.17) is 9.15 Å². The van der Waals surface area contributed by atoms with Gasteiger partial charge in [-0.25, -0.2) is 4.79 Å². The van der Waals surface area contributed by atoms with Crippen LogP contribution in [0.5, 0.6) is 0 Å². The second kappa shape index (κ2) is 6.92. The number of ether oxygens (including phenoxy) is 1. The summed E-state index contributed by atoms with van der Waals surface area (Å²) in [6.45, 7) is 2.48. The molecule has 3 heteroatoms. The van der Waals surface area contributed by atoms with Crippen LogP contribution >= 0.6 is 0 Å². The molecule has 0 aliphatic heterocycles. The first-order valence-electron chi connectivity index (χ1n) is 9.84. The highest BCUT2D eigenvalue weighted by atomic mass is 16.5. The van der Waals surface area contributed by atoms with Gasteiger partial charge in [-0.05, 0) is 70.7 Å². The summed E-state index contributed by atoms with van der Waals surface area (Å²) < 4.78 is 11.7. The lowest BCUT2D eigenvalue weighted by Crippen LogP contribution is -2.37. The van der Waals surface area contributed by atoms with Gasteiger partial charge < -0.3 is 9.15 Å². The van der Waals surface area contributed by atoms with Gasteiger partial charge in [0.1, 0.15) is 5.42 Å². The molecule has 0 bridgehead atoms. The highest BCUT2D eigenvalue weighted by Gasteiger charge is 2.13. The van der Waals surface area contributed by atoms with Crippen LogP contribution in [0.1, 0.15) is 30.4 Å². The number of hydrogen-bond donors (Lipinski definition) is 0. The summed E-state index contributed by atoms with van der Waals surface area (Å²) in [4.78, 5) is 11.7. The van der Waals surface area contributed by atoms with E-state index in [9.17, 15) is 4.79 Å². The van der Waals surface area contributed by atoms with E-state index >= 15 is 0 Å². The quantitative estimate of drug-likeness (QED) is 0.708. The van der Waals surface area contributed by atoms with Crippen molar-refractivity contribution in [2.75, 3.05) is 0 Å². The summed E-state index contributed by atoms with van der Waals surface area (Å²) in [6, 6.07) is 12.3. The zero-order valence-corrected chi connectivity index (χ0v) is 15.9. The molecule has 1 aromatic heterocycles. The molecule has 0 N–H and O–H groups in total. The Morgan fingerprint density at radius 3 is 2.86 bits per heavy atom. The molecule has 0 spiro atoms. The zero-order valence-electron chi connectivity index (χ0n) is 15.9. The Morgan fingerprint density at radius 2 is 1.93 bits per heavy atom. The average Bonchev–Trinajstić information content (AvgIpc) is 2.70. The predicted molar refractivity (Wildman–Crippen MR) is 112 cm³/mol. The first-order valence-corrected chi connectivity index (χ1v) is 9.84. The first kappa shape index (κ1) is 17.2. The van der Waals surface area contributed by atoms with E-state index in [2.05, 4.69) is 48.6 Å². The van der Waals surface area contributed by atoms with Gasteiger partial charge in [0.15, 0.2) is 0 Å². The van der Waals surface area contributed by atoms with Crippen LogP contribution in [0, 0.1) is 6.92 Å². The standard InChI is InChI=1S/C25H22O3/c1-16-12-25(26)28-24-14-19(10-11-20(16)24)27-15-23-21-8-4-2-6-17(21)13-18-7-3-5-9-22(18)23/h2,4,6-9,11-14,19H,3,5,10,15H2,1H3. The van der Waals surface area contributed by atoms with Crippen LogP contribution in [0.15, 0.2) is 45.6 Å². The molecule has 0 radical (unpaired) electrons. The zero-order chi connectivity index (χ0) is 19.1. The smallest absolute Gasteiger partial charge is 0.336 e. The maximum Gasteiger partial charge on any atom is 0.336 e. The van der Waals surface area contributed by atoms with Gasteiger partial charge in [-0.2, -0.15) is 0 Å². The third-order valence-corrected chi connectivity index (χ3v) is 5.68. The third kappa shape index (κ3) is 3.02. The number of benzene rings is 2. The molecule has 0 saturated carbocycles. The van der Waals surface area contributed by atoms with Gasteiger partial charge in [-0.3, -0.25) is 0 Å². The van der Waals surface area contributed by atoms with Crippen molar-refractivity contribution in [2.45, 2.75) is 38.9 Å². The molecule has 28 heavy (non-hydrogen) atoms. The molecule has 2 aliphatic rings. The van der Waals surface area contributed by atoms with Crippen molar-refractivity contribution >= 4 is 35.1 Å². The van der Waals surface area contributed by atoms with Crippen molar-refractivity contribution < 1.29 is 9.15 Å². The maximum absolute atomic E-state index is 11.7. The van der Waals surface area contributed by atoms with Crippen molar-refractivity contribution in [3.63, 3.8) is 0 Å². The van der Waals surface area contributed by atoms with Crippen molar-refractivity contribution in [1.29, 1.82) is 0 Å². The molecule has 0 saturated heterocycles. The number of rotatable bonds is 3. The van der Waals surface area contributed by atoms with Gasteiger partial charge in [0.2, 0.25) is 0 Å². The van der Waals surface area contributed by atoms with E-state index in [1.54, 1.807) is 6.07 Å². The molecule has 2 aliphatic carbocycles. The molecule has 140 valence electrons. The minimum atomic E-state index is -0.310. The lowest BCUT2D eigenvalue weighted by molar-refractivity contribution is 0.0845. The van der Waals surface area contributed by atoms with Gasteiger partial charge in [-0.1, -0.05) is 42.5 Å². The van der Waals surface area contributed by atoms with Gasteiger partial charge in [0, 0.05) is 11.3 Å². The molecule has 1 atom stereocenters. The van der Waals surface area contributed by atoms with Gasteiger partial charge >= 0.3 is 5.63 Å². The average molecular weight is 370 g/mol. The second-order valence-corrected chi connectivity index (χ2v) is 7.55. The van der Waals surface area contributed by atoms with E-state index < -0.39 is 0 Å². The Hall–Kier alpha value is -2.91. The van der Waals surface area contributed by atoms with Crippen LogP contribution in [0.25, 0.3) is 35.1 Å². The topological polar surface area (TPSA) is 39.4 Å². The molecular formula is C25H22O3. The SMILES string of the molecule is Cc1cc(=O)oc2c1=CCC(OCc1c3c(cc4ccccc14)=CCCC=3)C=2. The van der Waals surface area contributed by atoms with Crippen LogP contribution in [0.4, 0.5) is 0 Å². The largest absolute Gasteiger partial charge is 0.423 e. The highest BCUT2D eigenvalue weighted by Crippen LogP contribution is 2.17. The van der Waals surface area contributed by atoms with E-state index in [1.165, 1.54) is 26.8 Å². The molecule has 0 fully saturated rings. The van der Waals surface area contributed by atoms with Gasteiger partial charge in [-0.15, -0.1) is 0 Å². The van der Waals surface area contributed by atoms with Crippen molar-refractivity contribution in [2.24, 2.45) is 0 Å². The van der Waals surface area contributed by atoms with Crippen LogP contribution < -0.4 is 26.7 Å². The maximum atomic E-state index is 11.7. The van der Waals surface area contributed by atoms with Crippen molar-refractivity contribution in [3.05, 3.63) is 79.0 Å². The third-order valence-electron chi connectivity index (χ3n) is 5.68. The fraction of sp³-hybridized carbons (Fsp3) is 0.240. The number of aryl methyl sites for hydroxylation is 1. The van der Waals surface area contributed by atoms with Gasteiger partial charge in [0.05, 0.1) is 12.7 Å². The van der Waals surface area contributed by atoms with Crippen LogP contribution in [-0.4, -0.2) is 6.10 Å². The fourth-order valence-electron chi connectivity index (χ4n) is 4.30. The summed E-state index contributed by atoms with van der Waals surface area (Å²) >= 11 is 0. The Morgan fingerprint density at radius 1 is 1.07 bits per heavy atom. The Kier molecular flexibility index (Phi) is 4.25. The lowest BCUT2D eigenvalue weighted by atomic mass is 9.97. The Balaban J connectivity index is 1.54. The summed E-state index contributed by atoms with van der Waals surface area (Å²) in [5.41, 5.74) is 2.51. The van der Waals surface area contributed by atoms with Crippen LogP contribution in [-0.2, 0) is 11.3 Å². The Bertz CT molecular complexity index is 1380. The molecule has 5 rings (SSSR count). The number of fused-ring (bicyclic) bond motifs is 3. The summed E-state index contributed by atoms with van der Waals surface area (Å²) in [5.74, 6) is 0. The molecule has 3 aromatic rings. The monoisotopic (exact) mass is 370 g/mol. The molecule has 3 nitrogen and oxygen atoms in total.